The van der Waals surface area contributed by atoms with E-state index < -0.39 is 0 Å². The predicted molar refractivity (Wildman–Crippen MR) is 77.9 cm³/mol. The van der Waals surface area contributed by atoms with Crippen LogP contribution in [-0.2, 0) is 11.3 Å². The number of benzene rings is 1. The first-order valence-electron chi connectivity index (χ1n) is 6.72. The van der Waals surface area contributed by atoms with Crippen molar-refractivity contribution in [2.75, 3.05) is 13.2 Å². The molecule has 0 bridgehead atoms. The summed E-state index contributed by atoms with van der Waals surface area (Å²) in [5.74, 6) is 0.900. The number of hydrogen-bond donors (Lipinski definition) is 1. The molecule has 1 aliphatic heterocycles. The van der Waals surface area contributed by atoms with Gasteiger partial charge < -0.3 is 14.8 Å². The maximum absolute atomic E-state index is 6.08. The van der Waals surface area contributed by atoms with Crippen LogP contribution >= 0.6 is 11.6 Å². The lowest BCUT2D eigenvalue weighted by Crippen LogP contribution is -2.35. The molecule has 1 heterocycles. The highest BCUT2D eigenvalue weighted by Gasteiger charge is 2.19. The zero-order chi connectivity index (χ0) is 13.9. The molecule has 0 aromatic heterocycles. The van der Waals surface area contributed by atoms with Gasteiger partial charge in [0.1, 0.15) is 11.9 Å². The molecule has 1 aromatic rings. The topological polar surface area (TPSA) is 30.5 Å². The Bertz CT molecular complexity index is 423. The molecular formula is C15H22ClNO2. The summed E-state index contributed by atoms with van der Waals surface area (Å²) >= 11 is 6.08. The van der Waals surface area contributed by atoms with Crippen LogP contribution in [0.4, 0.5) is 0 Å². The van der Waals surface area contributed by atoms with Crippen molar-refractivity contribution in [3.05, 3.63) is 28.8 Å². The Morgan fingerprint density at radius 3 is 2.84 bits per heavy atom. The van der Waals surface area contributed by atoms with Crippen LogP contribution < -0.4 is 10.1 Å². The molecule has 0 aliphatic carbocycles. The van der Waals surface area contributed by atoms with Gasteiger partial charge in [0.25, 0.3) is 0 Å². The van der Waals surface area contributed by atoms with Crippen LogP contribution in [0.25, 0.3) is 0 Å². The van der Waals surface area contributed by atoms with Gasteiger partial charge in [-0.25, -0.2) is 0 Å². The molecule has 0 radical (unpaired) electrons. The average molecular weight is 284 g/mol. The van der Waals surface area contributed by atoms with Gasteiger partial charge in [-0.1, -0.05) is 11.6 Å². The van der Waals surface area contributed by atoms with Crippen molar-refractivity contribution < 1.29 is 9.47 Å². The van der Waals surface area contributed by atoms with E-state index >= 15 is 0 Å². The molecule has 2 rings (SSSR count). The van der Waals surface area contributed by atoms with Crippen molar-refractivity contribution in [2.24, 2.45) is 0 Å². The zero-order valence-electron chi connectivity index (χ0n) is 11.8. The van der Waals surface area contributed by atoms with E-state index in [1.807, 2.05) is 18.2 Å². The fraction of sp³-hybridized carbons (Fsp3) is 0.600. The largest absolute Gasteiger partial charge is 0.488 e. The van der Waals surface area contributed by atoms with E-state index in [1.54, 1.807) is 0 Å². The van der Waals surface area contributed by atoms with Gasteiger partial charge in [-0.05, 0) is 39.0 Å². The highest BCUT2D eigenvalue weighted by atomic mass is 35.5. The van der Waals surface area contributed by atoms with E-state index in [9.17, 15) is 0 Å². The predicted octanol–water partition coefficient (Wildman–Crippen LogP) is 3.40. The van der Waals surface area contributed by atoms with E-state index in [0.29, 0.717) is 6.61 Å². The van der Waals surface area contributed by atoms with Crippen LogP contribution in [0.2, 0.25) is 5.02 Å². The first kappa shape index (κ1) is 14.6. The monoisotopic (exact) mass is 283 g/mol. The van der Waals surface area contributed by atoms with Crippen LogP contribution in [0.5, 0.6) is 5.75 Å². The Labute approximate surface area is 120 Å². The smallest absolute Gasteiger partial charge is 0.124 e. The van der Waals surface area contributed by atoms with E-state index in [2.05, 4.69) is 26.1 Å². The average Bonchev–Trinajstić information content (AvgIpc) is 2.81. The molecule has 3 nitrogen and oxygen atoms in total. The molecule has 1 aromatic carbocycles. The highest BCUT2D eigenvalue weighted by molar-refractivity contribution is 6.30. The summed E-state index contributed by atoms with van der Waals surface area (Å²) in [4.78, 5) is 0. The van der Waals surface area contributed by atoms with Gasteiger partial charge in [0.05, 0.1) is 13.2 Å². The van der Waals surface area contributed by atoms with Crippen LogP contribution in [0.1, 0.15) is 32.8 Å². The number of hydrogen-bond acceptors (Lipinski definition) is 3. The van der Waals surface area contributed by atoms with Gasteiger partial charge in [0.15, 0.2) is 0 Å². The lowest BCUT2D eigenvalue weighted by Gasteiger charge is -2.22. The van der Waals surface area contributed by atoms with Crippen LogP contribution in [0, 0.1) is 0 Å². The van der Waals surface area contributed by atoms with Gasteiger partial charge in [0, 0.05) is 29.1 Å². The van der Waals surface area contributed by atoms with Gasteiger partial charge in [-0.2, -0.15) is 0 Å². The Morgan fingerprint density at radius 2 is 2.21 bits per heavy atom. The highest BCUT2D eigenvalue weighted by Crippen LogP contribution is 2.26. The number of ether oxygens (including phenoxy) is 2. The van der Waals surface area contributed by atoms with Crippen molar-refractivity contribution in [1.82, 2.24) is 5.32 Å². The lowest BCUT2D eigenvalue weighted by molar-refractivity contribution is 0.140. The van der Waals surface area contributed by atoms with Crippen LogP contribution in [0.3, 0.4) is 0 Å². The lowest BCUT2D eigenvalue weighted by atomic mass is 10.1. The van der Waals surface area contributed by atoms with Crippen molar-refractivity contribution in [3.63, 3.8) is 0 Å². The van der Waals surface area contributed by atoms with E-state index in [0.717, 1.165) is 35.9 Å². The molecule has 19 heavy (non-hydrogen) atoms. The van der Waals surface area contributed by atoms with Crippen molar-refractivity contribution in [3.8, 4) is 5.75 Å². The van der Waals surface area contributed by atoms with Gasteiger partial charge in [-0.3, -0.25) is 0 Å². The molecule has 1 aliphatic rings. The zero-order valence-corrected chi connectivity index (χ0v) is 12.6. The molecule has 0 saturated carbocycles. The Balaban J connectivity index is 2.08. The molecule has 1 saturated heterocycles. The second kappa shape index (κ2) is 6.12. The number of rotatable bonds is 4. The first-order valence-corrected chi connectivity index (χ1v) is 7.10. The first-order chi connectivity index (χ1) is 8.94. The fourth-order valence-electron chi connectivity index (χ4n) is 1.95. The molecule has 106 valence electrons. The minimum absolute atomic E-state index is 0.0655. The molecule has 1 atom stereocenters. The third-order valence-electron chi connectivity index (χ3n) is 3.01. The van der Waals surface area contributed by atoms with E-state index in [4.69, 9.17) is 21.1 Å². The summed E-state index contributed by atoms with van der Waals surface area (Å²) in [5.41, 5.74) is 1.16. The van der Waals surface area contributed by atoms with Crippen molar-refractivity contribution >= 4 is 11.6 Å². The summed E-state index contributed by atoms with van der Waals surface area (Å²) in [7, 11) is 0. The Hall–Kier alpha value is -0.770. The van der Waals surface area contributed by atoms with E-state index in [-0.39, 0.29) is 11.6 Å². The number of halogens is 1. The van der Waals surface area contributed by atoms with E-state index in [1.165, 1.54) is 0 Å². The molecule has 1 fully saturated rings. The molecule has 1 N–H and O–H groups in total. The SMILES string of the molecule is CC(C)(C)NCc1cc(Cl)ccc1OC1CCOC1. The maximum atomic E-state index is 6.08. The quantitative estimate of drug-likeness (QED) is 0.919. The molecule has 0 amide bonds. The molecular weight excluding hydrogens is 262 g/mol. The molecule has 0 spiro atoms. The third kappa shape index (κ3) is 4.68. The van der Waals surface area contributed by atoms with Crippen LogP contribution in [-0.4, -0.2) is 24.9 Å². The Morgan fingerprint density at radius 1 is 1.42 bits per heavy atom. The standard InChI is InChI=1S/C15H22ClNO2/c1-15(2,3)17-9-11-8-12(16)4-5-14(11)19-13-6-7-18-10-13/h4-5,8,13,17H,6-7,9-10H2,1-3H3. The molecule has 1 unspecified atom stereocenters. The van der Waals surface area contributed by atoms with Crippen molar-refractivity contribution in [1.29, 1.82) is 0 Å². The van der Waals surface area contributed by atoms with Gasteiger partial charge in [-0.15, -0.1) is 0 Å². The second-order valence-electron chi connectivity index (χ2n) is 5.96. The summed E-state index contributed by atoms with van der Waals surface area (Å²) in [5, 5.41) is 4.20. The maximum Gasteiger partial charge on any atom is 0.124 e. The summed E-state index contributed by atoms with van der Waals surface area (Å²) in [6.07, 6.45) is 1.11. The summed E-state index contributed by atoms with van der Waals surface area (Å²) < 4.78 is 11.3. The summed E-state index contributed by atoms with van der Waals surface area (Å²) in [6.45, 7) is 8.63. The third-order valence-corrected chi connectivity index (χ3v) is 3.25. The van der Waals surface area contributed by atoms with Crippen LogP contribution in [0.15, 0.2) is 18.2 Å². The number of nitrogens with one attached hydrogen (secondary N) is 1. The normalized spacial score (nSPS) is 19.7. The van der Waals surface area contributed by atoms with Crippen molar-refractivity contribution in [2.45, 2.75) is 45.4 Å². The fourth-order valence-corrected chi connectivity index (χ4v) is 2.14. The molecule has 4 heteroatoms. The van der Waals surface area contributed by atoms with Gasteiger partial charge in [0.2, 0.25) is 0 Å². The second-order valence-corrected chi connectivity index (χ2v) is 6.40. The van der Waals surface area contributed by atoms with Gasteiger partial charge >= 0.3 is 0 Å². The minimum atomic E-state index is 0.0655. The summed E-state index contributed by atoms with van der Waals surface area (Å²) in [6, 6.07) is 5.78. The minimum Gasteiger partial charge on any atom is -0.488 e. The Kier molecular flexibility index (Phi) is 4.71.